The van der Waals surface area contributed by atoms with Crippen LogP contribution in [0.15, 0.2) is 0 Å². The Labute approximate surface area is 50.1 Å². The number of rotatable bonds is 0. The van der Waals surface area contributed by atoms with Gasteiger partial charge in [0.15, 0.2) is 0 Å². The van der Waals surface area contributed by atoms with E-state index in [1.807, 2.05) is 0 Å². The Morgan fingerprint density at radius 2 is 1.57 bits per heavy atom. The third-order valence-corrected chi connectivity index (χ3v) is 1.53. The van der Waals surface area contributed by atoms with Crippen LogP contribution in [0.25, 0.3) is 0 Å². The minimum atomic E-state index is -1.04. The second kappa shape index (κ2) is 1.65. The van der Waals surface area contributed by atoms with Gasteiger partial charge in [0.1, 0.15) is 0 Å². The fourth-order valence-corrected chi connectivity index (χ4v) is 0.912. The first-order valence-electron chi connectivity index (χ1n) is 1.38. The van der Waals surface area contributed by atoms with Crippen molar-refractivity contribution in [3.63, 3.8) is 0 Å². The third kappa shape index (κ3) is 0.817. The summed E-state index contributed by atoms with van der Waals surface area (Å²) in [6.07, 6.45) is 0. The Bertz CT molecular complexity index is 105. The van der Waals surface area contributed by atoms with Gasteiger partial charge in [-0.3, -0.25) is 0 Å². The predicted octanol–water partition coefficient (Wildman–Crippen LogP) is -3.99. The Kier molecular flexibility index (Phi) is 1.13. The summed E-state index contributed by atoms with van der Waals surface area (Å²) in [7, 11) is 0. The number of hydrogen-bond acceptors (Lipinski definition) is 4. The molecule has 4 nitrogen and oxygen atoms in total. The second-order valence-electron chi connectivity index (χ2n) is 0.792. The first-order valence-corrected chi connectivity index (χ1v) is 3.14. The number of carbonyl (C=O) groups is 2. The van der Waals surface area contributed by atoms with Crippen LogP contribution in [-0.2, 0) is 15.7 Å². The standard InChI is InChI=1S/C2IO4/c4-1-2(5)7-3-6-1/q-1. The molecule has 40 valence electrons. The molecule has 7 heavy (non-hydrogen) atoms. The van der Waals surface area contributed by atoms with Crippen LogP contribution in [0.3, 0.4) is 0 Å². The average molecular weight is 215 g/mol. The van der Waals surface area contributed by atoms with Crippen LogP contribution in [0, 0.1) is 0 Å². The van der Waals surface area contributed by atoms with Gasteiger partial charge in [-0.05, 0) is 0 Å². The van der Waals surface area contributed by atoms with Gasteiger partial charge >= 0.3 is 49.7 Å². The van der Waals surface area contributed by atoms with Crippen molar-refractivity contribution in [2.45, 2.75) is 0 Å². The fraction of sp³-hybridized carbons (Fsp3) is 0. The maximum atomic E-state index is 9.90. The summed E-state index contributed by atoms with van der Waals surface area (Å²) in [5.74, 6) is -1.71. The molecule has 0 atom stereocenters. The van der Waals surface area contributed by atoms with Crippen molar-refractivity contribution in [1.82, 2.24) is 0 Å². The maximum absolute atomic E-state index is 9.90. The van der Waals surface area contributed by atoms with Gasteiger partial charge in [0.2, 0.25) is 0 Å². The summed E-state index contributed by atoms with van der Waals surface area (Å²) in [5.41, 5.74) is 0. The van der Waals surface area contributed by atoms with Crippen molar-refractivity contribution >= 4 is 11.9 Å². The van der Waals surface area contributed by atoms with E-state index in [-0.39, 0.29) is 0 Å². The molecule has 0 bridgehead atoms. The Morgan fingerprint density at radius 1 is 1.14 bits per heavy atom. The van der Waals surface area contributed by atoms with E-state index in [9.17, 15) is 9.59 Å². The Hall–Kier alpha value is -0.330. The van der Waals surface area contributed by atoms with Crippen molar-refractivity contribution in [3.8, 4) is 0 Å². The molecule has 0 spiro atoms. The van der Waals surface area contributed by atoms with E-state index >= 15 is 0 Å². The van der Waals surface area contributed by atoms with E-state index in [1.165, 1.54) is 0 Å². The molecule has 0 aliphatic carbocycles. The second-order valence-corrected chi connectivity index (χ2v) is 2.03. The molecule has 1 saturated heterocycles. The van der Waals surface area contributed by atoms with Crippen LogP contribution in [0.1, 0.15) is 0 Å². The van der Waals surface area contributed by atoms with Gasteiger partial charge in [0.05, 0.1) is 0 Å². The van der Waals surface area contributed by atoms with Crippen molar-refractivity contribution in [3.05, 3.63) is 0 Å². The van der Waals surface area contributed by atoms with Crippen molar-refractivity contribution < 1.29 is 37.8 Å². The molecule has 0 amide bonds. The first-order chi connectivity index (χ1) is 3.30. The van der Waals surface area contributed by atoms with E-state index in [0.29, 0.717) is 0 Å². The van der Waals surface area contributed by atoms with Crippen molar-refractivity contribution in [1.29, 1.82) is 0 Å². The van der Waals surface area contributed by atoms with Gasteiger partial charge in [-0.2, -0.15) is 0 Å². The summed E-state index contributed by atoms with van der Waals surface area (Å²) < 4.78 is 8.33. The molecular formula is C2IO4-. The summed E-state index contributed by atoms with van der Waals surface area (Å²) >= 11 is -1.04. The molecule has 1 rings (SSSR count). The van der Waals surface area contributed by atoms with Crippen LogP contribution in [0.2, 0.25) is 0 Å². The van der Waals surface area contributed by atoms with Gasteiger partial charge in [0.25, 0.3) is 0 Å². The molecule has 0 aromatic rings. The molecular weight excluding hydrogens is 215 g/mol. The van der Waals surface area contributed by atoms with Crippen LogP contribution in [-0.4, -0.2) is 11.9 Å². The van der Waals surface area contributed by atoms with E-state index in [1.54, 1.807) is 0 Å². The van der Waals surface area contributed by atoms with Crippen LogP contribution >= 0.6 is 0 Å². The van der Waals surface area contributed by atoms with Gasteiger partial charge in [-0.25, -0.2) is 0 Å². The predicted molar refractivity (Wildman–Crippen MR) is 12.2 cm³/mol. The van der Waals surface area contributed by atoms with Gasteiger partial charge in [0, 0.05) is 0 Å². The Balaban J connectivity index is 2.65. The summed E-state index contributed by atoms with van der Waals surface area (Å²) in [6.45, 7) is 0. The van der Waals surface area contributed by atoms with Gasteiger partial charge in [-0.15, -0.1) is 0 Å². The topological polar surface area (TPSA) is 52.6 Å². The number of hydrogen-bond donors (Lipinski definition) is 0. The average Bonchev–Trinajstić information content (AvgIpc) is 1.91. The number of carbonyl (C=O) groups excluding carboxylic acids is 2. The minimum absolute atomic E-state index is 0.854. The quantitative estimate of drug-likeness (QED) is 0.305. The molecule has 1 aliphatic rings. The monoisotopic (exact) mass is 215 g/mol. The summed E-state index contributed by atoms with van der Waals surface area (Å²) in [4.78, 5) is 19.8. The molecule has 0 radical (unpaired) electrons. The van der Waals surface area contributed by atoms with E-state index in [2.05, 4.69) is 6.13 Å². The molecule has 0 aromatic heterocycles. The van der Waals surface area contributed by atoms with Crippen molar-refractivity contribution in [2.75, 3.05) is 0 Å². The SMILES string of the molecule is O=C1O[I-]OC1=O. The van der Waals surface area contributed by atoms with Crippen LogP contribution in [0.4, 0.5) is 0 Å². The zero-order valence-corrected chi connectivity index (χ0v) is 5.17. The van der Waals surface area contributed by atoms with Gasteiger partial charge < -0.3 is 0 Å². The molecule has 0 N–H and O–H groups in total. The van der Waals surface area contributed by atoms with Gasteiger partial charge in [-0.1, -0.05) is 0 Å². The third-order valence-electron chi connectivity index (χ3n) is 0.370. The van der Waals surface area contributed by atoms with Crippen molar-refractivity contribution in [2.24, 2.45) is 0 Å². The molecule has 0 unspecified atom stereocenters. The first kappa shape index (κ1) is 4.82. The number of halogens is 1. The molecule has 1 fully saturated rings. The molecule has 0 aromatic carbocycles. The fourth-order valence-electron chi connectivity index (χ4n) is 0.136. The van der Waals surface area contributed by atoms with E-state index in [4.69, 9.17) is 0 Å². The zero-order chi connectivity index (χ0) is 5.28. The summed E-state index contributed by atoms with van der Waals surface area (Å²) in [6, 6.07) is 0. The molecule has 1 heterocycles. The van der Waals surface area contributed by atoms with E-state index in [0.717, 1.165) is 0 Å². The molecule has 5 heteroatoms. The Morgan fingerprint density at radius 3 is 1.71 bits per heavy atom. The van der Waals surface area contributed by atoms with E-state index < -0.39 is 34.0 Å². The normalized spacial score (nSPS) is 20.0. The molecule has 0 saturated carbocycles. The summed E-state index contributed by atoms with van der Waals surface area (Å²) in [5, 5.41) is 0. The molecule has 1 aliphatic heterocycles. The zero-order valence-electron chi connectivity index (χ0n) is 3.01. The van der Waals surface area contributed by atoms with Crippen LogP contribution in [0.5, 0.6) is 0 Å². The van der Waals surface area contributed by atoms with Crippen LogP contribution < -0.4 is 22.0 Å².